The van der Waals surface area contributed by atoms with Gasteiger partial charge in [-0.3, -0.25) is 9.48 Å². The van der Waals surface area contributed by atoms with Crippen LogP contribution in [0.25, 0.3) is 10.9 Å². The molecule has 8 nitrogen and oxygen atoms in total. The molecular formula is C22H17F4N7O. The fourth-order valence-corrected chi connectivity index (χ4v) is 3.09. The van der Waals surface area contributed by atoms with Crippen LogP contribution >= 0.6 is 0 Å². The molecule has 0 atom stereocenters. The standard InChI is InChI=1S/C22H17F4N7O/c1-3-19(34)28-13-5-6-16(23)18(9-13)30-20-15-8-12(22(24,25)26)4-7-17(15)31-21(32-20)29-14-10-27-33(2)11-14/h3-11H,1H2,2H3,(H,28,34)(H2,29,30,31,32). The summed E-state index contributed by atoms with van der Waals surface area (Å²) in [6.07, 6.45) is -0.390. The topological polar surface area (TPSA) is 96.8 Å². The summed E-state index contributed by atoms with van der Waals surface area (Å²) in [6, 6.07) is 6.70. The monoisotopic (exact) mass is 471 g/mol. The maximum absolute atomic E-state index is 14.5. The Morgan fingerprint density at radius 3 is 2.56 bits per heavy atom. The van der Waals surface area contributed by atoms with Crippen LogP contribution in [-0.2, 0) is 18.0 Å². The van der Waals surface area contributed by atoms with E-state index in [1.807, 2.05) is 0 Å². The summed E-state index contributed by atoms with van der Waals surface area (Å²) in [5.74, 6) is -1.24. The number of halogens is 4. The smallest absolute Gasteiger partial charge is 0.337 e. The van der Waals surface area contributed by atoms with E-state index in [0.717, 1.165) is 24.3 Å². The molecule has 0 unspecified atom stereocenters. The molecule has 0 radical (unpaired) electrons. The zero-order chi connectivity index (χ0) is 24.5. The van der Waals surface area contributed by atoms with Gasteiger partial charge in [-0.2, -0.15) is 23.3 Å². The van der Waals surface area contributed by atoms with Gasteiger partial charge in [0.1, 0.15) is 11.6 Å². The van der Waals surface area contributed by atoms with E-state index in [0.29, 0.717) is 5.69 Å². The summed E-state index contributed by atoms with van der Waals surface area (Å²) in [5.41, 5.74) is -0.0519. The van der Waals surface area contributed by atoms with Crippen molar-refractivity contribution >= 4 is 45.6 Å². The molecule has 4 aromatic rings. The molecule has 0 saturated heterocycles. The minimum absolute atomic E-state index is 0.0199. The van der Waals surface area contributed by atoms with Gasteiger partial charge < -0.3 is 16.0 Å². The second kappa shape index (κ2) is 8.81. The van der Waals surface area contributed by atoms with E-state index in [1.165, 1.54) is 29.1 Å². The summed E-state index contributed by atoms with van der Waals surface area (Å²) in [4.78, 5) is 20.1. The number of anilines is 5. The number of alkyl halides is 3. The van der Waals surface area contributed by atoms with Crippen LogP contribution < -0.4 is 16.0 Å². The fourth-order valence-electron chi connectivity index (χ4n) is 3.09. The number of benzene rings is 2. The summed E-state index contributed by atoms with van der Waals surface area (Å²) in [6.45, 7) is 3.35. The molecule has 0 aliphatic rings. The zero-order valence-electron chi connectivity index (χ0n) is 17.6. The van der Waals surface area contributed by atoms with Gasteiger partial charge in [0.2, 0.25) is 11.9 Å². The van der Waals surface area contributed by atoms with E-state index < -0.39 is 23.5 Å². The third-order valence-electron chi connectivity index (χ3n) is 4.66. The van der Waals surface area contributed by atoms with E-state index >= 15 is 0 Å². The molecule has 4 rings (SSSR count). The lowest BCUT2D eigenvalue weighted by Crippen LogP contribution is -2.09. The summed E-state index contributed by atoms with van der Waals surface area (Å²) in [7, 11) is 1.71. The Bertz CT molecular complexity index is 1400. The molecule has 1 amide bonds. The molecular weight excluding hydrogens is 454 g/mol. The van der Waals surface area contributed by atoms with Crippen molar-refractivity contribution in [3.8, 4) is 0 Å². The van der Waals surface area contributed by atoms with E-state index in [9.17, 15) is 22.4 Å². The molecule has 0 aliphatic carbocycles. The first-order chi connectivity index (χ1) is 16.1. The number of nitrogens with one attached hydrogen (secondary N) is 3. The lowest BCUT2D eigenvalue weighted by molar-refractivity contribution is -0.137. The first-order valence-electron chi connectivity index (χ1n) is 9.77. The quantitative estimate of drug-likeness (QED) is 0.266. The predicted molar refractivity (Wildman–Crippen MR) is 120 cm³/mol. The van der Waals surface area contributed by atoms with Gasteiger partial charge in [-0.15, -0.1) is 0 Å². The number of fused-ring (bicyclic) bond motifs is 1. The van der Waals surface area contributed by atoms with Crippen LogP contribution in [-0.4, -0.2) is 25.7 Å². The minimum atomic E-state index is -4.60. The fraction of sp³-hybridized carbons (Fsp3) is 0.0909. The number of carbonyl (C=O) groups excluding carboxylic acids is 1. The maximum Gasteiger partial charge on any atom is 0.416 e. The van der Waals surface area contributed by atoms with Gasteiger partial charge in [0.15, 0.2) is 0 Å². The van der Waals surface area contributed by atoms with Crippen molar-refractivity contribution in [2.24, 2.45) is 7.05 Å². The molecule has 34 heavy (non-hydrogen) atoms. The second-order valence-corrected chi connectivity index (χ2v) is 7.17. The van der Waals surface area contributed by atoms with Crippen LogP contribution in [0.15, 0.2) is 61.4 Å². The Kier molecular flexibility index (Phi) is 5.88. The minimum Gasteiger partial charge on any atom is -0.337 e. The van der Waals surface area contributed by atoms with Crippen molar-refractivity contribution in [1.29, 1.82) is 0 Å². The van der Waals surface area contributed by atoms with Gasteiger partial charge >= 0.3 is 6.18 Å². The number of aryl methyl sites for hydroxylation is 1. The number of aromatic nitrogens is 4. The zero-order valence-corrected chi connectivity index (χ0v) is 17.6. The SMILES string of the molecule is C=CC(=O)Nc1ccc(F)c(Nc2nc(Nc3cnn(C)c3)nc3ccc(C(F)(F)F)cc23)c1. The Labute approximate surface area is 190 Å². The summed E-state index contributed by atoms with van der Waals surface area (Å²) in [5, 5.41) is 12.2. The van der Waals surface area contributed by atoms with Crippen LogP contribution in [0, 0.1) is 5.82 Å². The first kappa shape index (κ1) is 22.7. The van der Waals surface area contributed by atoms with Gasteiger partial charge in [0, 0.05) is 24.3 Å². The lowest BCUT2D eigenvalue weighted by Gasteiger charge is -2.14. The number of hydrogen-bond acceptors (Lipinski definition) is 6. The molecule has 0 fully saturated rings. The van der Waals surface area contributed by atoms with Crippen molar-refractivity contribution in [3.63, 3.8) is 0 Å². The molecule has 174 valence electrons. The highest BCUT2D eigenvalue weighted by Crippen LogP contribution is 2.35. The second-order valence-electron chi connectivity index (χ2n) is 7.17. The molecule has 2 heterocycles. The lowest BCUT2D eigenvalue weighted by atomic mass is 10.1. The van der Waals surface area contributed by atoms with Crippen LogP contribution in [0.4, 0.5) is 46.4 Å². The van der Waals surface area contributed by atoms with Crippen molar-refractivity contribution in [2.75, 3.05) is 16.0 Å². The van der Waals surface area contributed by atoms with Crippen molar-refractivity contribution < 1.29 is 22.4 Å². The summed E-state index contributed by atoms with van der Waals surface area (Å²) < 4.78 is 56.1. The van der Waals surface area contributed by atoms with Gasteiger partial charge in [-0.25, -0.2) is 9.37 Å². The van der Waals surface area contributed by atoms with E-state index in [1.54, 1.807) is 13.2 Å². The third kappa shape index (κ3) is 4.95. The normalized spacial score (nSPS) is 11.3. The highest BCUT2D eigenvalue weighted by Gasteiger charge is 2.31. The molecule has 0 bridgehead atoms. The maximum atomic E-state index is 14.5. The number of nitrogens with zero attached hydrogens (tertiary/aromatic N) is 4. The van der Waals surface area contributed by atoms with Crippen LogP contribution in [0.1, 0.15) is 5.56 Å². The molecule has 2 aromatic heterocycles. The molecule has 3 N–H and O–H groups in total. The van der Waals surface area contributed by atoms with E-state index in [2.05, 4.69) is 37.6 Å². The third-order valence-corrected chi connectivity index (χ3v) is 4.66. The van der Waals surface area contributed by atoms with Crippen LogP contribution in [0.3, 0.4) is 0 Å². The molecule has 0 saturated carbocycles. The van der Waals surface area contributed by atoms with Crippen molar-refractivity contribution in [3.05, 3.63) is 72.8 Å². The van der Waals surface area contributed by atoms with Crippen LogP contribution in [0.2, 0.25) is 0 Å². The van der Waals surface area contributed by atoms with Gasteiger partial charge in [0.05, 0.1) is 28.7 Å². The van der Waals surface area contributed by atoms with Gasteiger partial charge in [-0.1, -0.05) is 6.58 Å². The number of amides is 1. The molecule has 12 heteroatoms. The number of hydrogen-bond donors (Lipinski definition) is 3. The Balaban J connectivity index is 1.80. The molecule has 2 aromatic carbocycles. The Morgan fingerprint density at radius 1 is 1.09 bits per heavy atom. The number of carbonyl (C=O) groups is 1. The van der Waals surface area contributed by atoms with E-state index in [4.69, 9.17) is 0 Å². The van der Waals surface area contributed by atoms with Gasteiger partial charge in [-0.05, 0) is 42.5 Å². The average Bonchev–Trinajstić information content (AvgIpc) is 3.19. The number of rotatable bonds is 6. The predicted octanol–water partition coefficient (Wildman–Crippen LogP) is 5.13. The average molecular weight is 471 g/mol. The first-order valence-corrected chi connectivity index (χ1v) is 9.77. The summed E-state index contributed by atoms with van der Waals surface area (Å²) >= 11 is 0. The van der Waals surface area contributed by atoms with Crippen molar-refractivity contribution in [1.82, 2.24) is 19.7 Å². The van der Waals surface area contributed by atoms with Gasteiger partial charge in [0.25, 0.3) is 0 Å². The van der Waals surface area contributed by atoms with Crippen molar-refractivity contribution in [2.45, 2.75) is 6.18 Å². The Morgan fingerprint density at radius 2 is 1.88 bits per heavy atom. The largest absolute Gasteiger partial charge is 0.416 e. The molecule has 0 spiro atoms. The molecule has 0 aliphatic heterocycles. The highest BCUT2D eigenvalue weighted by molar-refractivity contribution is 5.99. The highest BCUT2D eigenvalue weighted by atomic mass is 19.4. The Hall–Kier alpha value is -4.48. The van der Waals surface area contributed by atoms with E-state index in [-0.39, 0.29) is 34.0 Å². The van der Waals surface area contributed by atoms with Crippen LogP contribution in [0.5, 0.6) is 0 Å².